The summed E-state index contributed by atoms with van der Waals surface area (Å²) in [6, 6.07) is 12.2. The van der Waals surface area contributed by atoms with Crippen LogP contribution in [0.1, 0.15) is 24.4 Å². The number of hydrogen-bond acceptors (Lipinski definition) is 3. The summed E-state index contributed by atoms with van der Waals surface area (Å²) < 4.78 is 0. The summed E-state index contributed by atoms with van der Waals surface area (Å²) in [6.07, 6.45) is 6.01. The summed E-state index contributed by atoms with van der Waals surface area (Å²) in [5.41, 5.74) is 9.89. The minimum absolute atomic E-state index is 0.0779. The van der Waals surface area contributed by atoms with E-state index in [2.05, 4.69) is 27.0 Å². The van der Waals surface area contributed by atoms with E-state index in [0.717, 1.165) is 36.6 Å². The first-order valence-electron chi connectivity index (χ1n) is 8.40. The van der Waals surface area contributed by atoms with Gasteiger partial charge < -0.3 is 15.6 Å². The Kier molecular flexibility index (Phi) is 4.17. The molecule has 1 aliphatic rings. The molecule has 1 saturated heterocycles. The third-order valence-electron chi connectivity index (χ3n) is 5.08. The standard InChI is InChI=1S/C19H21ClN4/c20-15-3-1-13(2-4-15)18(21)14-7-11-24(12-8-14)17-6-10-23-19-16(17)5-9-22-19/h1-6,9-10,14,18H,7-8,11-12,21H2,(H,22,23)/t18-/m1/s1. The Hall–Kier alpha value is -2.04. The average Bonchev–Trinajstić information content (AvgIpc) is 3.11. The van der Waals surface area contributed by atoms with E-state index in [1.165, 1.54) is 16.6 Å². The Morgan fingerprint density at radius 1 is 1.12 bits per heavy atom. The molecule has 4 nitrogen and oxygen atoms in total. The van der Waals surface area contributed by atoms with Crippen LogP contribution in [0.3, 0.4) is 0 Å². The molecule has 0 aliphatic carbocycles. The fourth-order valence-electron chi connectivity index (χ4n) is 3.68. The number of nitrogens with two attached hydrogens (primary N) is 1. The van der Waals surface area contributed by atoms with Crippen molar-refractivity contribution in [3.63, 3.8) is 0 Å². The molecule has 124 valence electrons. The molecule has 1 fully saturated rings. The van der Waals surface area contributed by atoms with Gasteiger partial charge in [-0.05, 0) is 48.6 Å². The van der Waals surface area contributed by atoms with Crippen LogP contribution in [0.15, 0.2) is 48.8 Å². The van der Waals surface area contributed by atoms with Crippen molar-refractivity contribution in [2.75, 3.05) is 18.0 Å². The number of benzene rings is 1. The second-order valence-electron chi connectivity index (χ2n) is 6.47. The fraction of sp³-hybridized carbons (Fsp3) is 0.316. The number of halogens is 1. The van der Waals surface area contributed by atoms with E-state index in [-0.39, 0.29) is 6.04 Å². The SMILES string of the molecule is N[C@H](c1ccc(Cl)cc1)C1CCN(c2ccnc3[nH]ccc23)CC1. The van der Waals surface area contributed by atoms with Crippen LogP contribution in [0, 0.1) is 5.92 Å². The summed E-state index contributed by atoms with van der Waals surface area (Å²) in [7, 11) is 0. The van der Waals surface area contributed by atoms with Gasteiger partial charge in [0.15, 0.2) is 0 Å². The molecule has 3 heterocycles. The maximum Gasteiger partial charge on any atom is 0.139 e. The lowest BCUT2D eigenvalue weighted by Crippen LogP contribution is -2.37. The van der Waals surface area contributed by atoms with Gasteiger partial charge in [-0.2, -0.15) is 0 Å². The first kappa shape index (κ1) is 15.5. The van der Waals surface area contributed by atoms with E-state index in [1.54, 1.807) is 0 Å². The molecule has 0 radical (unpaired) electrons. The predicted octanol–water partition coefficient (Wildman–Crippen LogP) is 4.13. The number of H-pyrrole nitrogens is 1. The van der Waals surface area contributed by atoms with Gasteiger partial charge in [0.2, 0.25) is 0 Å². The van der Waals surface area contributed by atoms with E-state index in [4.69, 9.17) is 17.3 Å². The third-order valence-corrected chi connectivity index (χ3v) is 5.33. The highest BCUT2D eigenvalue weighted by Crippen LogP contribution is 2.33. The van der Waals surface area contributed by atoms with Crippen molar-refractivity contribution < 1.29 is 0 Å². The van der Waals surface area contributed by atoms with Crippen molar-refractivity contribution in [3.05, 3.63) is 59.4 Å². The highest BCUT2D eigenvalue weighted by atomic mass is 35.5. The largest absolute Gasteiger partial charge is 0.371 e. The second kappa shape index (κ2) is 6.46. The van der Waals surface area contributed by atoms with Crippen LogP contribution in [0.25, 0.3) is 11.0 Å². The zero-order chi connectivity index (χ0) is 16.5. The van der Waals surface area contributed by atoms with E-state index in [9.17, 15) is 0 Å². The molecule has 24 heavy (non-hydrogen) atoms. The number of fused-ring (bicyclic) bond motifs is 1. The number of aromatic amines is 1. The lowest BCUT2D eigenvalue weighted by molar-refractivity contribution is 0.345. The van der Waals surface area contributed by atoms with Crippen LogP contribution >= 0.6 is 11.6 Å². The summed E-state index contributed by atoms with van der Waals surface area (Å²) in [4.78, 5) is 10.0. The molecule has 0 spiro atoms. The van der Waals surface area contributed by atoms with E-state index in [1.807, 2.05) is 36.7 Å². The molecule has 5 heteroatoms. The Morgan fingerprint density at radius 3 is 2.62 bits per heavy atom. The zero-order valence-electron chi connectivity index (χ0n) is 13.5. The van der Waals surface area contributed by atoms with Gasteiger partial charge in [0.25, 0.3) is 0 Å². The highest BCUT2D eigenvalue weighted by Gasteiger charge is 2.26. The quantitative estimate of drug-likeness (QED) is 0.753. The van der Waals surface area contributed by atoms with Gasteiger partial charge in [-0.15, -0.1) is 0 Å². The van der Waals surface area contributed by atoms with Crippen molar-refractivity contribution in [2.45, 2.75) is 18.9 Å². The number of piperidine rings is 1. The number of hydrogen-bond donors (Lipinski definition) is 2. The maximum absolute atomic E-state index is 6.50. The van der Waals surface area contributed by atoms with E-state index in [0.29, 0.717) is 5.92 Å². The number of nitrogens with one attached hydrogen (secondary N) is 1. The van der Waals surface area contributed by atoms with Crippen LogP contribution in [-0.2, 0) is 0 Å². The molecule has 0 amide bonds. The minimum Gasteiger partial charge on any atom is -0.371 e. The molecule has 2 aromatic heterocycles. The Balaban J connectivity index is 1.47. The van der Waals surface area contributed by atoms with E-state index >= 15 is 0 Å². The van der Waals surface area contributed by atoms with Crippen molar-refractivity contribution in [1.29, 1.82) is 0 Å². The number of nitrogens with zero attached hydrogens (tertiary/aromatic N) is 2. The molecule has 3 N–H and O–H groups in total. The van der Waals surface area contributed by atoms with Crippen LogP contribution in [0.5, 0.6) is 0 Å². The fourth-order valence-corrected chi connectivity index (χ4v) is 3.80. The summed E-state index contributed by atoms with van der Waals surface area (Å²) in [6.45, 7) is 2.05. The lowest BCUT2D eigenvalue weighted by atomic mass is 9.86. The van der Waals surface area contributed by atoms with Gasteiger partial charge in [0, 0.05) is 47.6 Å². The first-order valence-corrected chi connectivity index (χ1v) is 8.78. The van der Waals surface area contributed by atoms with Gasteiger partial charge in [-0.1, -0.05) is 23.7 Å². The monoisotopic (exact) mass is 340 g/mol. The number of anilines is 1. The Labute approximate surface area is 146 Å². The Morgan fingerprint density at radius 2 is 1.88 bits per heavy atom. The molecule has 1 atom stereocenters. The van der Waals surface area contributed by atoms with Crippen molar-refractivity contribution >= 4 is 28.3 Å². The molecular formula is C19H21ClN4. The molecule has 1 aliphatic heterocycles. The second-order valence-corrected chi connectivity index (χ2v) is 6.91. The van der Waals surface area contributed by atoms with Gasteiger partial charge in [-0.25, -0.2) is 4.98 Å². The van der Waals surface area contributed by atoms with Crippen LogP contribution in [-0.4, -0.2) is 23.1 Å². The number of rotatable bonds is 3. The Bertz CT molecular complexity index is 819. The first-order chi connectivity index (χ1) is 11.7. The summed E-state index contributed by atoms with van der Waals surface area (Å²) in [5.74, 6) is 0.506. The predicted molar refractivity (Wildman–Crippen MR) is 99.4 cm³/mol. The lowest BCUT2D eigenvalue weighted by Gasteiger charge is -2.36. The molecular weight excluding hydrogens is 320 g/mol. The molecule has 0 unspecified atom stereocenters. The smallest absolute Gasteiger partial charge is 0.139 e. The molecule has 4 rings (SSSR count). The van der Waals surface area contributed by atoms with Crippen molar-refractivity contribution in [3.8, 4) is 0 Å². The topological polar surface area (TPSA) is 57.9 Å². The van der Waals surface area contributed by atoms with Gasteiger partial charge in [0.05, 0.1) is 0 Å². The van der Waals surface area contributed by atoms with Crippen molar-refractivity contribution in [2.24, 2.45) is 11.7 Å². The van der Waals surface area contributed by atoms with Gasteiger partial charge in [-0.3, -0.25) is 0 Å². The minimum atomic E-state index is 0.0779. The highest BCUT2D eigenvalue weighted by molar-refractivity contribution is 6.30. The van der Waals surface area contributed by atoms with Crippen LogP contribution < -0.4 is 10.6 Å². The van der Waals surface area contributed by atoms with Crippen LogP contribution in [0.4, 0.5) is 5.69 Å². The average molecular weight is 341 g/mol. The van der Waals surface area contributed by atoms with Gasteiger partial charge in [0.1, 0.15) is 5.65 Å². The number of aromatic nitrogens is 2. The van der Waals surface area contributed by atoms with Gasteiger partial charge >= 0.3 is 0 Å². The molecule has 1 aromatic carbocycles. The normalized spacial score (nSPS) is 17.3. The number of pyridine rings is 1. The zero-order valence-corrected chi connectivity index (χ0v) is 14.2. The summed E-state index contributed by atoms with van der Waals surface area (Å²) in [5, 5.41) is 1.95. The van der Waals surface area contributed by atoms with Crippen LogP contribution in [0.2, 0.25) is 5.02 Å². The molecule has 0 saturated carbocycles. The molecule has 3 aromatic rings. The molecule has 0 bridgehead atoms. The third kappa shape index (κ3) is 2.87. The van der Waals surface area contributed by atoms with E-state index < -0.39 is 0 Å². The summed E-state index contributed by atoms with van der Waals surface area (Å²) >= 11 is 5.97. The van der Waals surface area contributed by atoms with Crippen molar-refractivity contribution in [1.82, 2.24) is 9.97 Å². The maximum atomic E-state index is 6.50.